The van der Waals surface area contributed by atoms with E-state index in [0.29, 0.717) is 22.7 Å². The van der Waals surface area contributed by atoms with Crippen molar-refractivity contribution in [2.24, 2.45) is 0 Å². The van der Waals surface area contributed by atoms with Crippen molar-refractivity contribution in [3.05, 3.63) is 81.4 Å². The molecule has 0 aliphatic rings. The molecule has 0 saturated carbocycles. The van der Waals surface area contributed by atoms with E-state index in [1.54, 1.807) is 24.3 Å². The van der Waals surface area contributed by atoms with Crippen LogP contribution in [0.1, 0.15) is 34.0 Å². The molecule has 0 aromatic heterocycles. The molecule has 4 nitrogen and oxygen atoms in total. The summed E-state index contributed by atoms with van der Waals surface area (Å²) in [5, 5.41) is 9.49. The summed E-state index contributed by atoms with van der Waals surface area (Å²) in [6.45, 7) is 1.39. The van der Waals surface area contributed by atoms with E-state index < -0.39 is 47.0 Å². The highest BCUT2D eigenvalue weighted by atomic mass is 35.5. The molecule has 0 spiro atoms. The van der Waals surface area contributed by atoms with Gasteiger partial charge in [-0.2, -0.15) is 26.3 Å². The van der Waals surface area contributed by atoms with Crippen molar-refractivity contribution >= 4 is 23.5 Å². The lowest BCUT2D eigenvalue weighted by Gasteiger charge is -2.30. The molecule has 0 aliphatic carbocycles. The first-order chi connectivity index (χ1) is 15.1. The minimum atomic E-state index is -5.11. The molecule has 0 radical (unpaired) electrons. The van der Waals surface area contributed by atoms with Crippen molar-refractivity contribution in [2.75, 3.05) is 7.05 Å². The normalized spacial score (nSPS) is 13.5. The maximum Gasteiger partial charge on any atom is 0.416 e. The molecule has 0 unspecified atom stereocenters. The molecule has 33 heavy (non-hydrogen) atoms. The Hall–Kier alpha value is -3.01. The first-order valence-electron chi connectivity index (χ1n) is 9.31. The zero-order valence-corrected chi connectivity index (χ0v) is 18.0. The maximum absolute atomic E-state index is 13.2. The lowest BCUT2D eigenvalue weighted by atomic mass is 9.96. The Bertz CT molecular complexity index is 1030. The second-order valence-corrected chi connectivity index (χ2v) is 7.72. The number of halogens is 7. The molecule has 2 rings (SSSR count). The van der Waals surface area contributed by atoms with Crippen LogP contribution in [0.15, 0.2) is 54.1 Å². The van der Waals surface area contributed by atoms with E-state index in [1.165, 1.54) is 14.0 Å². The molecule has 1 amide bonds. The highest BCUT2D eigenvalue weighted by molar-refractivity contribution is 6.30. The third kappa shape index (κ3) is 6.98. The lowest BCUT2D eigenvalue weighted by molar-refractivity contribution is -0.143. The molecule has 11 heteroatoms. The van der Waals surface area contributed by atoms with Crippen LogP contribution in [-0.4, -0.2) is 35.0 Å². The highest BCUT2D eigenvalue weighted by Gasteiger charge is 2.38. The van der Waals surface area contributed by atoms with Crippen molar-refractivity contribution in [3.63, 3.8) is 0 Å². The SMILES string of the molecule is CC(=CC(=O)O)[C@@H](Cc1ccc(Cl)cc1)N(C)C(=O)c1cc(C(F)(F)F)cc(C(F)(F)F)c1. The molecule has 0 aliphatic heterocycles. The van der Waals surface area contributed by atoms with E-state index in [4.69, 9.17) is 16.7 Å². The third-order valence-corrected chi connectivity index (χ3v) is 5.09. The molecule has 1 N–H and O–H groups in total. The fourth-order valence-corrected chi connectivity index (χ4v) is 3.29. The van der Waals surface area contributed by atoms with E-state index >= 15 is 0 Å². The summed E-state index contributed by atoms with van der Waals surface area (Å²) in [5.74, 6) is -2.46. The van der Waals surface area contributed by atoms with Gasteiger partial charge >= 0.3 is 18.3 Å². The van der Waals surface area contributed by atoms with E-state index in [9.17, 15) is 35.9 Å². The summed E-state index contributed by atoms with van der Waals surface area (Å²) in [4.78, 5) is 25.0. The summed E-state index contributed by atoms with van der Waals surface area (Å²) < 4.78 is 79.0. The predicted molar refractivity (Wildman–Crippen MR) is 109 cm³/mol. The monoisotopic (exact) mass is 493 g/mol. The van der Waals surface area contributed by atoms with E-state index in [0.717, 1.165) is 11.0 Å². The van der Waals surface area contributed by atoms with Gasteiger partial charge in [0, 0.05) is 23.7 Å². The summed E-state index contributed by atoms with van der Waals surface area (Å²) in [6, 6.07) is 5.94. The Labute approximate surface area is 190 Å². The molecule has 0 saturated heterocycles. The lowest BCUT2D eigenvalue weighted by Crippen LogP contribution is -2.39. The van der Waals surface area contributed by atoms with E-state index in [2.05, 4.69) is 0 Å². The van der Waals surface area contributed by atoms with Gasteiger partial charge in [0.15, 0.2) is 0 Å². The summed E-state index contributed by atoms with van der Waals surface area (Å²) in [7, 11) is 1.18. The third-order valence-electron chi connectivity index (χ3n) is 4.84. The van der Waals surface area contributed by atoms with Gasteiger partial charge in [-0.05, 0) is 54.8 Å². The second-order valence-electron chi connectivity index (χ2n) is 7.28. The number of carbonyl (C=O) groups is 2. The number of nitrogens with zero attached hydrogens (tertiary/aromatic N) is 1. The minimum Gasteiger partial charge on any atom is -0.478 e. The van der Waals surface area contributed by atoms with E-state index in [-0.39, 0.29) is 18.1 Å². The highest BCUT2D eigenvalue weighted by Crippen LogP contribution is 2.36. The zero-order valence-electron chi connectivity index (χ0n) is 17.3. The minimum absolute atomic E-state index is 0.0418. The smallest absolute Gasteiger partial charge is 0.416 e. The molecule has 0 fully saturated rings. The number of benzene rings is 2. The van der Waals surface area contributed by atoms with Gasteiger partial charge in [0.25, 0.3) is 5.91 Å². The number of carboxylic acid groups (broad SMARTS) is 1. The average Bonchev–Trinajstić information content (AvgIpc) is 2.70. The first kappa shape index (κ1) is 26.2. The maximum atomic E-state index is 13.2. The molecule has 0 bridgehead atoms. The van der Waals surface area contributed by atoms with Crippen molar-refractivity contribution in [1.29, 1.82) is 0 Å². The van der Waals surface area contributed by atoms with Gasteiger partial charge in [0.1, 0.15) is 0 Å². The number of amides is 1. The molecular formula is C22H18ClF6NO3. The van der Waals surface area contributed by atoms with Crippen LogP contribution in [0, 0.1) is 0 Å². The van der Waals surface area contributed by atoms with Gasteiger partial charge in [0.05, 0.1) is 17.2 Å². The van der Waals surface area contributed by atoms with Crippen LogP contribution in [0.2, 0.25) is 5.02 Å². The summed E-state index contributed by atoms with van der Waals surface area (Å²) >= 11 is 5.84. The summed E-state index contributed by atoms with van der Waals surface area (Å²) in [6.07, 6.45) is -9.37. The van der Waals surface area contributed by atoms with Crippen molar-refractivity contribution < 1.29 is 41.0 Å². The predicted octanol–water partition coefficient (Wildman–Crippen LogP) is 6.09. The van der Waals surface area contributed by atoms with Crippen LogP contribution in [0.25, 0.3) is 0 Å². The van der Waals surface area contributed by atoms with Gasteiger partial charge in [-0.1, -0.05) is 23.7 Å². The van der Waals surface area contributed by atoms with Crippen LogP contribution in [0.5, 0.6) is 0 Å². The quantitative estimate of drug-likeness (QED) is 0.391. The van der Waals surface area contributed by atoms with Crippen LogP contribution < -0.4 is 0 Å². The Morgan fingerprint density at radius 2 is 1.48 bits per heavy atom. The van der Waals surface area contributed by atoms with Crippen molar-refractivity contribution in [2.45, 2.75) is 31.7 Å². The number of likely N-dealkylation sites (N-methyl/N-ethyl adjacent to an activating group) is 1. The van der Waals surface area contributed by atoms with Gasteiger partial charge in [-0.25, -0.2) is 4.79 Å². The van der Waals surface area contributed by atoms with Gasteiger partial charge in [-0.3, -0.25) is 4.79 Å². The number of alkyl halides is 6. The molecule has 2 aromatic carbocycles. The topological polar surface area (TPSA) is 57.6 Å². The second kappa shape index (κ2) is 9.86. The Morgan fingerprint density at radius 1 is 1.00 bits per heavy atom. The molecule has 0 heterocycles. The molecule has 1 atom stereocenters. The number of hydrogen-bond donors (Lipinski definition) is 1. The van der Waals surface area contributed by atoms with Crippen LogP contribution in [0.3, 0.4) is 0 Å². The Morgan fingerprint density at radius 3 is 1.91 bits per heavy atom. The first-order valence-corrected chi connectivity index (χ1v) is 9.69. The largest absolute Gasteiger partial charge is 0.478 e. The number of hydrogen-bond acceptors (Lipinski definition) is 2. The number of aliphatic carboxylic acids is 1. The number of carbonyl (C=O) groups excluding carboxylic acids is 1. The zero-order chi connectivity index (χ0) is 25.1. The van der Waals surface area contributed by atoms with Crippen molar-refractivity contribution in [3.8, 4) is 0 Å². The Kier molecular flexibility index (Phi) is 7.84. The molecule has 2 aromatic rings. The summed E-state index contributed by atoms with van der Waals surface area (Å²) in [5.41, 5.74) is -3.30. The standard InChI is InChI=1S/C22H18ClF6NO3/c1-12(7-19(31)32)18(8-13-3-5-17(23)6-4-13)30(2)20(33)14-9-15(21(24,25)26)11-16(10-14)22(27,28)29/h3-7,9-11,18H,8H2,1-2H3,(H,31,32)/t18-/m1/s1. The number of rotatable bonds is 6. The average molecular weight is 494 g/mol. The fourth-order valence-electron chi connectivity index (χ4n) is 3.16. The van der Waals surface area contributed by atoms with Gasteiger partial charge in [-0.15, -0.1) is 0 Å². The van der Waals surface area contributed by atoms with Crippen LogP contribution >= 0.6 is 11.6 Å². The Balaban J connectivity index is 2.53. The van der Waals surface area contributed by atoms with E-state index in [1.807, 2.05) is 0 Å². The van der Waals surface area contributed by atoms with Crippen LogP contribution in [-0.2, 0) is 23.6 Å². The molecule has 178 valence electrons. The fraction of sp³-hybridized carbons (Fsp3) is 0.273. The van der Waals surface area contributed by atoms with Crippen molar-refractivity contribution in [1.82, 2.24) is 4.90 Å². The van der Waals surface area contributed by atoms with Gasteiger partial charge in [0.2, 0.25) is 0 Å². The number of carboxylic acids is 1. The van der Waals surface area contributed by atoms with Crippen LogP contribution in [0.4, 0.5) is 26.3 Å². The van der Waals surface area contributed by atoms with Gasteiger partial charge < -0.3 is 10.0 Å². The molecular weight excluding hydrogens is 476 g/mol.